The van der Waals surface area contributed by atoms with Crippen LogP contribution in [0.4, 0.5) is 0 Å². The predicted octanol–water partition coefficient (Wildman–Crippen LogP) is 2.78. The first-order valence-corrected chi connectivity index (χ1v) is 8.83. The zero-order valence-electron chi connectivity index (χ0n) is 13.8. The number of rotatable bonds is 4. The van der Waals surface area contributed by atoms with Crippen molar-refractivity contribution in [2.45, 2.75) is 12.5 Å². The van der Waals surface area contributed by atoms with Gasteiger partial charge in [0.15, 0.2) is 0 Å². The fraction of sp³-hybridized carbons (Fsp3) is 0.389. The number of nitrogens with zero attached hydrogens (tertiary/aromatic N) is 4. The molecule has 6 heteroatoms. The van der Waals surface area contributed by atoms with Crippen LogP contribution in [0.3, 0.4) is 0 Å². The van der Waals surface area contributed by atoms with Crippen LogP contribution in [-0.2, 0) is 0 Å². The number of thiophene rings is 1. The average molecular weight is 340 g/mol. The van der Waals surface area contributed by atoms with Gasteiger partial charge in [0.25, 0.3) is 5.91 Å². The number of hydrogen-bond donors (Lipinski definition) is 0. The summed E-state index contributed by atoms with van der Waals surface area (Å²) in [6, 6.07) is 8.12. The number of hydrogen-bond acceptors (Lipinski definition) is 5. The van der Waals surface area contributed by atoms with Crippen LogP contribution < -0.4 is 0 Å². The van der Waals surface area contributed by atoms with E-state index in [1.165, 1.54) is 16.9 Å². The molecule has 0 radical (unpaired) electrons. The summed E-state index contributed by atoms with van der Waals surface area (Å²) in [5.41, 5.74) is 1.65. The molecule has 0 aliphatic carbocycles. The van der Waals surface area contributed by atoms with Gasteiger partial charge in [0, 0.05) is 32.0 Å². The van der Waals surface area contributed by atoms with Crippen LogP contribution in [0.5, 0.6) is 0 Å². The largest absolute Gasteiger partial charge is 0.341 e. The van der Waals surface area contributed by atoms with Crippen molar-refractivity contribution < 1.29 is 4.79 Å². The molecule has 3 heterocycles. The van der Waals surface area contributed by atoms with Gasteiger partial charge >= 0.3 is 0 Å². The summed E-state index contributed by atoms with van der Waals surface area (Å²) in [7, 11) is 3.94. The number of carbonyl (C=O) groups is 1. The van der Waals surface area contributed by atoms with Gasteiger partial charge < -0.3 is 4.90 Å². The van der Waals surface area contributed by atoms with E-state index in [0.717, 1.165) is 13.0 Å². The number of pyridine rings is 1. The molecule has 5 nitrogen and oxygen atoms in total. The van der Waals surface area contributed by atoms with Crippen LogP contribution in [0.1, 0.15) is 33.3 Å². The second kappa shape index (κ2) is 7.12. The molecule has 0 bridgehead atoms. The Kier molecular flexibility index (Phi) is 4.93. The molecule has 0 spiro atoms. The summed E-state index contributed by atoms with van der Waals surface area (Å²) in [4.78, 5) is 21.5. The Morgan fingerprint density at radius 3 is 3.08 bits per heavy atom. The molecule has 0 N–H and O–H groups in total. The van der Waals surface area contributed by atoms with Crippen molar-refractivity contribution in [1.29, 1.82) is 5.26 Å². The van der Waals surface area contributed by atoms with Gasteiger partial charge in [0.05, 0.1) is 5.56 Å². The number of aromatic nitrogens is 1. The number of nitriles is 1. The van der Waals surface area contributed by atoms with E-state index < -0.39 is 0 Å². The van der Waals surface area contributed by atoms with Gasteiger partial charge in [-0.15, -0.1) is 11.3 Å². The molecular formula is C18H20N4OS. The van der Waals surface area contributed by atoms with E-state index in [2.05, 4.69) is 29.1 Å². The maximum atomic E-state index is 12.7. The van der Waals surface area contributed by atoms with Gasteiger partial charge in [-0.3, -0.25) is 14.7 Å². The van der Waals surface area contributed by atoms with Crippen molar-refractivity contribution in [3.63, 3.8) is 0 Å². The lowest BCUT2D eigenvalue weighted by atomic mass is 9.94. The zero-order chi connectivity index (χ0) is 17.1. The molecule has 1 amide bonds. The first-order chi connectivity index (χ1) is 11.6. The summed E-state index contributed by atoms with van der Waals surface area (Å²) in [5, 5.41) is 10.9. The summed E-state index contributed by atoms with van der Waals surface area (Å²) >= 11 is 1.33. The highest BCUT2D eigenvalue weighted by molar-refractivity contribution is 7.12. The Bertz CT molecular complexity index is 752. The molecule has 1 fully saturated rings. The molecule has 0 aromatic carbocycles. The van der Waals surface area contributed by atoms with Crippen molar-refractivity contribution >= 4 is 17.2 Å². The summed E-state index contributed by atoms with van der Waals surface area (Å²) in [5.74, 6) is 0.291. The maximum Gasteiger partial charge on any atom is 0.265 e. The third-order valence-electron chi connectivity index (χ3n) is 4.63. The smallest absolute Gasteiger partial charge is 0.265 e. The quantitative estimate of drug-likeness (QED) is 0.859. The minimum Gasteiger partial charge on any atom is -0.341 e. The van der Waals surface area contributed by atoms with E-state index in [1.807, 2.05) is 19.3 Å². The van der Waals surface area contributed by atoms with E-state index >= 15 is 0 Å². The monoisotopic (exact) mass is 340 g/mol. The van der Waals surface area contributed by atoms with Crippen LogP contribution in [0, 0.1) is 17.2 Å². The summed E-state index contributed by atoms with van der Waals surface area (Å²) < 4.78 is 0. The molecule has 0 saturated carbocycles. The average Bonchev–Trinajstić information content (AvgIpc) is 3.21. The van der Waals surface area contributed by atoms with Crippen LogP contribution in [0.15, 0.2) is 36.0 Å². The van der Waals surface area contributed by atoms with Crippen molar-refractivity contribution in [2.24, 2.45) is 5.92 Å². The van der Waals surface area contributed by atoms with Gasteiger partial charge in [-0.2, -0.15) is 5.26 Å². The standard InChI is InChI=1S/C18H20N4OS/c1-21-8-5-15(16(21)14-4-3-7-20-11-14)12-22(2)18(23)17-13(10-19)6-9-24-17/h3-4,6-7,9,11,15-16H,5,8,12H2,1-2H3/t15-,16-/m0/s1. The topological polar surface area (TPSA) is 60.2 Å². The Labute approximate surface area is 146 Å². The van der Waals surface area contributed by atoms with Gasteiger partial charge in [0.2, 0.25) is 0 Å². The van der Waals surface area contributed by atoms with Crippen LogP contribution in [0.25, 0.3) is 0 Å². The Hall–Kier alpha value is -2.23. The minimum atomic E-state index is -0.0685. The Balaban J connectivity index is 1.75. The van der Waals surface area contributed by atoms with Crippen molar-refractivity contribution in [2.75, 3.05) is 27.2 Å². The number of amides is 1. The van der Waals surface area contributed by atoms with E-state index in [4.69, 9.17) is 5.26 Å². The van der Waals surface area contributed by atoms with Crippen LogP contribution in [-0.4, -0.2) is 47.9 Å². The van der Waals surface area contributed by atoms with Gasteiger partial charge in [0.1, 0.15) is 10.9 Å². The second-order valence-corrected chi connectivity index (χ2v) is 7.14. The number of likely N-dealkylation sites (tertiary alicyclic amines) is 1. The highest BCUT2D eigenvalue weighted by atomic mass is 32.1. The Morgan fingerprint density at radius 2 is 2.38 bits per heavy atom. The zero-order valence-corrected chi connectivity index (χ0v) is 14.7. The van der Waals surface area contributed by atoms with Crippen LogP contribution >= 0.6 is 11.3 Å². The molecule has 24 heavy (non-hydrogen) atoms. The maximum absolute atomic E-state index is 12.7. The lowest BCUT2D eigenvalue weighted by molar-refractivity contribution is 0.0765. The fourth-order valence-electron chi connectivity index (χ4n) is 3.47. The van der Waals surface area contributed by atoms with E-state index in [0.29, 0.717) is 22.9 Å². The van der Waals surface area contributed by atoms with E-state index in [9.17, 15) is 4.79 Å². The lowest BCUT2D eigenvalue weighted by Gasteiger charge is -2.28. The first-order valence-electron chi connectivity index (χ1n) is 7.95. The molecule has 124 valence electrons. The molecule has 2 aromatic heterocycles. The molecule has 1 aliphatic rings. The third kappa shape index (κ3) is 3.18. The predicted molar refractivity (Wildman–Crippen MR) is 93.7 cm³/mol. The van der Waals surface area contributed by atoms with Crippen molar-refractivity contribution in [3.05, 3.63) is 52.0 Å². The lowest BCUT2D eigenvalue weighted by Crippen LogP contribution is -2.34. The van der Waals surface area contributed by atoms with Crippen molar-refractivity contribution in [3.8, 4) is 6.07 Å². The molecular weight excluding hydrogens is 320 g/mol. The molecule has 1 saturated heterocycles. The van der Waals surface area contributed by atoms with E-state index in [-0.39, 0.29) is 11.9 Å². The third-order valence-corrected chi connectivity index (χ3v) is 5.54. The minimum absolute atomic E-state index is 0.0685. The molecule has 0 unspecified atom stereocenters. The summed E-state index contributed by atoms with van der Waals surface area (Å²) in [6.45, 7) is 1.68. The van der Waals surface area contributed by atoms with Gasteiger partial charge in [-0.25, -0.2) is 0 Å². The second-order valence-electron chi connectivity index (χ2n) is 6.22. The van der Waals surface area contributed by atoms with E-state index in [1.54, 1.807) is 22.5 Å². The SMILES string of the molecule is CN(C[C@@H]1CCN(C)[C@H]1c1cccnc1)C(=O)c1sccc1C#N. The number of carbonyl (C=O) groups excluding carboxylic acids is 1. The van der Waals surface area contributed by atoms with Gasteiger partial charge in [-0.1, -0.05) is 6.07 Å². The molecule has 3 rings (SSSR count). The molecule has 2 aromatic rings. The normalized spacial score (nSPS) is 20.7. The van der Waals surface area contributed by atoms with Gasteiger partial charge in [-0.05, 0) is 49.0 Å². The van der Waals surface area contributed by atoms with Crippen LogP contribution in [0.2, 0.25) is 0 Å². The fourth-order valence-corrected chi connectivity index (χ4v) is 4.30. The first kappa shape index (κ1) is 16.6. The highest BCUT2D eigenvalue weighted by Crippen LogP contribution is 2.36. The highest BCUT2D eigenvalue weighted by Gasteiger charge is 2.34. The molecule has 1 aliphatic heterocycles. The summed E-state index contributed by atoms with van der Waals surface area (Å²) in [6.07, 6.45) is 4.74. The van der Waals surface area contributed by atoms with Crippen molar-refractivity contribution in [1.82, 2.24) is 14.8 Å². The molecule has 2 atom stereocenters. The Morgan fingerprint density at radius 1 is 1.54 bits per heavy atom.